The molecule has 0 radical (unpaired) electrons. The predicted molar refractivity (Wildman–Crippen MR) is 49.7 cm³/mol. The summed E-state index contributed by atoms with van der Waals surface area (Å²) in [4.78, 5) is 9.88. The highest BCUT2D eigenvalue weighted by atomic mass is 19.1. The molecule has 0 aromatic heterocycles. The van der Waals surface area contributed by atoms with Gasteiger partial charge in [0, 0.05) is 6.04 Å². The molecule has 1 N–H and O–H groups in total. The van der Waals surface area contributed by atoms with Gasteiger partial charge in [-0.25, -0.2) is 0 Å². The Labute approximate surface area is 79.9 Å². The van der Waals surface area contributed by atoms with E-state index in [1.165, 1.54) is 12.1 Å². The van der Waals surface area contributed by atoms with Gasteiger partial charge in [-0.2, -0.15) is 4.39 Å². The summed E-state index contributed by atoms with van der Waals surface area (Å²) in [6, 6.07) is 4.36. The summed E-state index contributed by atoms with van der Waals surface area (Å²) in [5.74, 6) is -0.791. The standard InChI is InChI=1S/C9H9FN2O2/c10-7-2-1-3-8(9(7)12(13)14)11-6-4-5-6/h1-3,6,11H,4-5H2. The van der Waals surface area contributed by atoms with Gasteiger partial charge >= 0.3 is 5.69 Å². The van der Waals surface area contributed by atoms with Gasteiger partial charge in [0.05, 0.1) is 4.92 Å². The Morgan fingerprint density at radius 2 is 2.21 bits per heavy atom. The lowest BCUT2D eigenvalue weighted by Gasteiger charge is -2.04. The van der Waals surface area contributed by atoms with Crippen LogP contribution in [0.1, 0.15) is 12.8 Å². The molecule has 0 unspecified atom stereocenters. The Morgan fingerprint density at radius 3 is 2.79 bits per heavy atom. The molecule has 0 amide bonds. The molecule has 5 heteroatoms. The van der Waals surface area contributed by atoms with Crippen molar-refractivity contribution in [3.05, 3.63) is 34.1 Å². The van der Waals surface area contributed by atoms with Gasteiger partial charge in [-0.15, -0.1) is 0 Å². The molecular weight excluding hydrogens is 187 g/mol. The Bertz CT molecular complexity index is 377. The summed E-state index contributed by atoms with van der Waals surface area (Å²) in [7, 11) is 0. The molecule has 1 aromatic carbocycles. The number of nitro benzene ring substituents is 1. The van der Waals surface area contributed by atoms with E-state index in [0.29, 0.717) is 0 Å². The summed E-state index contributed by atoms with van der Waals surface area (Å²) in [5.41, 5.74) is -0.183. The number of para-hydroxylation sites is 1. The molecule has 14 heavy (non-hydrogen) atoms. The number of anilines is 1. The van der Waals surface area contributed by atoms with Gasteiger partial charge in [0.15, 0.2) is 0 Å². The van der Waals surface area contributed by atoms with Crippen molar-refractivity contribution in [3.8, 4) is 0 Å². The average Bonchev–Trinajstić information content (AvgIpc) is 2.87. The number of rotatable bonds is 3. The predicted octanol–water partition coefficient (Wildman–Crippen LogP) is 2.31. The summed E-state index contributed by atoms with van der Waals surface area (Å²) in [6.07, 6.45) is 1.99. The second-order valence-electron chi connectivity index (χ2n) is 3.31. The first-order chi connectivity index (χ1) is 6.68. The van der Waals surface area contributed by atoms with Crippen molar-refractivity contribution in [2.45, 2.75) is 18.9 Å². The van der Waals surface area contributed by atoms with E-state index >= 15 is 0 Å². The van der Waals surface area contributed by atoms with Crippen molar-refractivity contribution >= 4 is 11.4 Å². The van der Waals surface area contributed by atoms with Crippen LogP contribution in [0.4, 0.5) is 15.8 Å². The van der Waals surface area contributed by atoms with Crippen LogP contribution in [0.2, 0.25) is 0 Å². The van der Waals surface area contributed by atoms with Gasteiger partial charge in [0.25, 0.3) is 0 Å². The Hall–Kier alpha value is -1.65. The van der Waals surface area contributed by atoms with Gasteiger partial charge in [0.1, 0.15) is 5.69 Å². The van der Waals surface area contributed by atoms with E-state index in [2.05, 4.69) is 5.32 Å². The highest BCUT2D eigenvalue weighted by molar-refractivity contribution is 5.62. The maximum Gasteiger partial charge on any atom is 0.327 e. The van der Waals surface area contributed by atoms with Crippen LogP contribution in [-0.2, 0) is 0 Å². The van der Waals surface area contributed by atoms with Crippen LogP contribution in [0.5, 0.6) is 0 Å². The van der Waals surface area contributed by atoms with Crippen LogP contribution >= 0.6 is 0 Å². The first-order valence-electron chi connectivity index (χ1n) is 4.38. The molecule has 0 saturated heterocycles. The van der Waals surface area contributed by atoms with Gasteiger partial charge in [-0.1, -0.05) is 6.07 Å². The average molecular weight is 196 g/mol. The Balaban J connectivity index is 2.35. The zero-order chi connectivity index (χ0) is 10.1. The summed E-state index contributed by atoms with van der Waals surface area (Å²) < 4.78 is 13.1. The molecule has 0 aliphatic heterocycles. The van der Waals surface area contributed by atoms with E-state index in [-0.39, 0.29) is 11.7 Å². The molecule has 1 fully saturated rings. The highest BCUT2D eigenvalue weighted by Crippen LogP contribution is 2.32. The van der Waals surface area contributed by atoms with E-state index in [1.54, 1.807) is 0 Å². The van der Waals surface area contributed by atoms with Crippen LogP contribution in [0.25, 0.3) is 0 Å². The maximum absolute atomic E-state index is 13.1. The fourth-order valence-corrected chi connectivity index (χ4v) is 1.26. The van der Waals surface area contributed by atoms with Crippen molar-refractivity contribution < 1.29 is 9.31 Å². The van der Waals surface area contributed by atoms with E-state index < -0.39 is 16.4 Å². The number of halogens is 1. The van der Waals surface area contributed by atoms with Crippen molar-refractivity contribution in [3.63, 3.8) is 0 Å². The number of nitrogens with one attached hydrogen (secondary N) is 1. The number of hydrogen-bond donors (Lipinski definition) is 1. The lowest BCUT2D eigenvalue weighted by atomic mass is 10.2. The molecule has 0 bridgehead atoms. The number of hydrogen-bond acceptors (Lipinski definition) is 3. The molecule has 0 spiro atoms. The molecule has 1 aromatic rings. The van der Waals surface area contributed by atoms with E-state index in [1.807, 2.05) is 0 Å². The second kappa shape index (κ2) is 3.25. The van der Waals surface area contributed by atoms with E-state index in [4.69, 9.17) is 0 Å². The third kappa shape index (κ3) is 1.66. The van der Waals surface area contributed by atoms with Gasteiger partial charge in [-0.3, -0.25) is 10.1 Å². The third-order valence-electron chi connectivity index (χ3n) is 2.11. The molecule has 0 heterocycles. The lowest BCUT2D eigenvalue weighted by molar-refractivity contribution is -0.386. The minimum Gasteiger partial charge on any atom is -0.377 e. The van der Waals surface area contributed by atoms with Crippen LogP contribution in [0, 0.1) is 15.9 Å². The monoisotopic (exact) mass is 196 g/mol. The van der Waals surface area contributed by atoms with Crippen LogP contribution in [0.3, 0.4) is 0 Å². The van der Waals surface area contributed by atoms with Gasteiger partial charge < -0.3 is 5.32 Å². The van der Waals surface area contributed by atoms with Crippen LogP contribution in [-0.4, -0.2) is 11.0 Å². The second-order valence-corrected chi connectivity index (χ2v) is 3.31. The number of nitro groups is 1. The molecule has 2 rings (SSSR count). The topological polar surface area (TPSA) is 55.2 Å². The largest absolute Gasteiger partial charge is 0.377 e. The molecule has 1 aliphatic rings. The minimum atomic E-state index is -0.791. The zero-order valence-electron chi connectivity index (χ0n) is 7.37. The molecule has 4 nitrogen and oxygen atoms in total. The first-order valence-corrected chi connectivity index (χ1v) is 4.38. The molecule has 0 atom stereocenters. The smallest absolute Gasteiger partial charge is 0.327 e. The van der Waals surface area contributed by atoms with Gasteiger partial charge in [0.2, 0.25) is 5.82 Å². The number of benzene rings is 1. The summed E-state index contributed by atoms with van der Waals surface area (Å²) in [6.45, 7) is 0. The van der Waals surface area contributed by atoms with E-state index in [9.17, 15) is 14.5 Å². The number of nitrogens with zero attached hydrogens (tertiary/aromatic N) is 1. The fourth-order valence-electron chi connectivity index (χ4n) is 1.26. The Kier molecular flexibility index (Phi) is 2.07. The van der Waals surface area contributed by atoms with Crippen molar-refractivity contribution in [2.24, 2.45) is 0 Å². The molecular formula is C9H9FN2O2. The third-order valence-corrected chi connectivity index (χ3v) is 2.11. The zero-order valence-corrected chi connectivity index (χ0v) is 7.37. The quantitative estimate of drug-likeness (QED) is 0.596. The fraction of sp³-hybridized carbons (Fsp3) is 0.333. The summed E-state index contributed by atoms with van der Waals surface area (Å²) >= 11 is 0. The van der Waals surface area contributed by atoms with Crippen LogP contribution in [0.15, 0.2) is 18.2 Å². The van der Waals surface area contributed by atoms with Crippen LogP contribution < -0.4 is 5.32 Å². The highest BCUT2D eigenvalue weighted by Gasteiger charge is 2.26. The normalized spacial score (nSPS) is 15.2. The summed E-state index contributed by atoms with van der Waals surface area (Å²) in [5, 5.41) is 13.5. The Morgan fingerprint density at radius 1 is 1.50 bits per heavy atom. The van der Waals surface area contributed by atoms with E-state index in [0.717, 1.165) is 18.9 Å². The SMILES string of the molecule is O=[N+]([O-])c1c(F)cccc1NC1CC1. The van der Waals surface area contributed by atoms with Crippen molar-refractivity contribution in [1.29, 1.82) is 0 Å². The molecule has 74 valence electrons. The van der Waals surface area contributed by atoms with Gasteiger partial charge in [-0.05, 0) is 25.0 Å². The maximum atomic E-state index is 13.1. The minimum absolute atomic E-state index is 0.274. The lowest BCUT2D eigenvalue weighted by Crippen LogP contribution is -2.05. The van der Waals surface area contributed by atoms with Crippen molar-refractivity contribution in [1.82, 2.24) is 0 Å². The molecule has 1 saturated carbocycles. The molecule has 1 aliphatic carbocycles. The van der Waals surface area contributed by atoms with Crippen molar-refractivity contribution in [2.75, 3.05) is 5.32 Å². The first kappa shape index (κ1) is 8.93.